The number of hydroxylamine groups is 2. The summed E-state index contributed by atoms with van der Waals surface area (Å²) in [5, 5.41) is 1.93. The molecule has 0 saturated carbocycles. The molecule has 13 heavy (non-hydrogen) atoms. The van der Waals surface area contributed by atoms with Crippen LogP contribution in [0.1, 0.15) is 18.0 Å². The molecule has 0 aliphatic carbocycles. The molecule has 0 bridgehead atoms. The van der Waals surface area contributed by atoms with Crippen LogP contribution in [0, 0.1) is 0 Å². The van der Waals surface area contributed by atoms with Gasteiger partial charge < -0.3 is 0 Å². The monoisotopic (exact) mass is 241 g/mol. The van der Waals surface area contributed by atoms with E-state index in [0.29, 0.717) is 6.04 Å². The van der Waals surface area contributed by atoms with Crippen LogP contribution in [0.2, 0.25) is 0 Å². The van der Waals surface area contributed by atoms with Crippen LogP contribution in [-0.4, -0.2) is 18.7 Å². The van der Waals surface area contributed by atoms with Gasteiger partial charge in [-0.1, -0.05) is 34.1 Å². The normalized spacial score (nSPS) is 23.7. The highest BCUT2D eigenvalue weighted by atomic mass is 79.9. The van der Waals surface area contributed by atoms with E-state index in [-0.39, 0.29) is 0 Å². The predicted octanol–water partition coefficient (Wildman–Crippen LogP) is 2.76. The van der Waals surface area contributed by atoms with Crippen LogP contribution >= 0.6 is 15.9 Å². The van der Waals surface area contributed by atoms with Crippen molar-refractivity contribution in [1.82, 2.24) is 5.06 Å². The number of benzene rings is 1. The largest absolute Gasteiger partial charge is 0.299 e. The van der Waals surface area contributed by atoms with Crippen molar-refractivity contribution < 1.29 is 4.84 Å². The van der Waals surface area contributed by atoms with Gasteiger partial charge in [-0.25, -0.2) is 0 Å². The molecule has 0 radical (unpaired) electrons. The SMILES string of the molecule is CN1OCCC1c1ccccc1Br. The Labute approximate surface area is 86.6 Å². The van der Waals surface area contributed by atoms with Gasteiger partial charge in [-0.05, 0) is 18.1 Å². The van der Waals surface area contributed by atoms with Crippen molar-refractivity contribution in [2.45, 2.75) is 12.5 Å². The third kappa shape index (κ3) is 1.77. The van der Waals surface area contributed by atoms with E-state index in [4.69, 9.17) is 4.84 Å². The summed E-state index contributed by atoms with van der Waals surface area (Å²) in [6, 6.07) is 8.70. The molecule has 1 atom stereocenters. The molecular weight excluding hydrogens is 230 g/mol. The van der Waals surface area contributed by atoms with E-state index in [1.165, 1.54) is 5.56 Å². The summed E-state index contributed by atoms with van der Waals surface area (Å²) in [6.07, 6.45) is 1.07. The van der Waals surface area contributed by atoms with Gasteiger partial charge in [0.25, 0.3) is 0 Å². The molecule has 2 nitrogen and oxygen atoms in total. The molecule has 0 amide bonds. The Morgan fingerprint density at radius 3 is 2.85 bits per heavy atom. The van der Waals surface area contributed by atoms with Crippen LogP contribution in [0.3, 0.4) is 0 Å². The van der Waals surface area contributed by atoms with E-state index in [1.807, 2.05) is 18.2 Å². The molecule has 1 heterocycles. The topological polar surface area (TPSA) is 12.5 Å². The van der Waals surface area contributed by atoms with Crippen LogP contribution in [0.4, 0.5) is 0 Å². The van der Waals surface area contributed by atoms with Crippen molar-refractivity contribution >= 4 is 15.9 Å². The Hall–Kier alpha value is -0.380. The maximum Gasteiger partial charge on any atom is 0.0704 e. The van der Waals surface area contributed by atoms with Crippen LogP contribution in [-0.2, 0) is 4.84 Å². The zero-order valence-electron chi connectivity index (χ0n) is 7.53. The fourth-order valence-electron chi connectivity index (χ4n) is 1.68. The second-order valence-electron chi connectivity index (χ2n) is 3.21. The minimum atomic E-state index is 0.399. The number of hydrogen-bond donors (Lipinski definition) is 0. The van der Waals surface area contributed by atoms with Gasteiger partial charge in [-0.15, -0.1) is 0 Å². The van der Waals surface area contributed by atoms with Crippen molar-refractivity contribution in [3.05, 3.63) is 34.3 Å². The molecule has 1 aliphatic heterocycles. The van der Waals surface area contributed by atoms with Gasteiger partial charge in [0.2, 0.25) is 0 Å². The molecule has 1 saturated heterocycles. The highest BCUT2D eigenvalue weighted by molar-refractivity contribution is 9.10. The Morgan fingerprint density at radius 2 is 2.23 bits per heavy atom. The molecule has 2 rings (SSSR count). The Bertz CT molecular complexity index is 303. The number of rotatable bonds is 1. The zero-order valence-corrected chi connectivity index (χ0v) is 9.12. The summed E-state index contributed by atoms with van der Waals surface area (Å²) in [5.41, 5.74) is 1.31. The number of halogens is 1. The summed E-state index contributed by atoms with van der Waals surface area (Å²) in [7, 11) is 1.98. The van der Waals surface area contributed by atoms with E-state index in [0.717, 1.165) is 17.5 Å². The summed E-state index contributed by atoms with van der Waals surface area (Å²) in [4.78, 5) is 5.39. The van der Waals surface area contributed by atoms with Gasteiger partial charge in [0.05, 0.1) is 12.6 Å². The van der Waals surface area contributed by atoms with Crippen molar-refractivity contribution in [3.63, 3.8) is 0 Å². The lowest BCUT2D eigenvalue weighted by Gasteiger charge is -2.18. The fraction of sp³-hybridized carbons (Fsp3) is 0.400. The van der Waals surface area contributed by atoms with Gasteiger partial charge in [-0.2, -0.15) is 5.06 Å². The first-order valence-electron chi connectivity index (χ1n) is 4.39. The third-order valence-electron chi connectivity index (χ3n) is 2.39. The molecule has 1 aromatic carbocycles. The van der Waals surface area contributed by atoms with Crippen molar-refractivity contribution in [2.75, 3.05) is 13.7 Å². The second kappa shape index (κ2) is 3.78. The van der Waals surface area contributed by atoms with Gasteiger partial charge in [0.1, 0.15) is 0 Å². The summed E-state index contributed by atoms with van der Waals surface area (Å²) in [6.45, 7) is 0.822. The van der Waals surface area contributed by atoms with Gasteiger partial charge in [0.15, 0.2) is 0 Å². The molecular formula is C10H12BrNO. The van der Waals surface area contributed by atoms with Crippen LogP contribution in [0.5, 0.6) is 0 Å². The highest BCUT2D eigenvalue weighted by Gasteiger charge is 2.24. The molecule has 1 fully saturated rings. The lowest BCUT2D eigenvalue weighted by atomic mass is 10.1. The lowest BCUT2D eigenvalue weighted by Crippen LogP contribution is -2.16. The zero-order chi connectivity index (χ0) is 9.26. The average molecular weight is 242 g/mol. The lowest BCUT2D eigenvalue weighted by molar-refractivity contribution is -0.110. The summed E-state index contributed by atoms with van der Waals surface area (Å²) >= 11 is 3.55. The number of nitrogens with zero attached hydrogens (tertiary/aromatic N) is 1. The summed E-state index contributed by atoms with van der Waals surface area (Å²) in [5.74, 6) is 0. The van der Waals surface area contributed by atoms with Crippen LogP contribution < -0.4 is 0 Å². The molecule has 0 aromatic heterocycles. The fourth-order valence-corrected chi connectivity index (χ4v) is 2.23. The van der Waals surface area contributed by atoms with Crippen LogP contribution in [0.15, 0.2) is 28.7 Å². The minimum absolute atomic E-state index is 0.399. The first-order valence-corrected chi connectivity index (χ1v) is 5.18. The second-order valence-corrected chi connectivity index (χ2v) is 4.06. The first-order chi connectivity index (χ1) is 6.29. The molecule has 70 valence electrons. The minimum Gasteiger partial charge on any atom is -0.299 e. The van der Waals surface area contributed by atoms with Gasteiger partial charge in [-0.3, -0.25) is 4.84 Å². The maximum atomic E-state index is 5.39. The molecule has 1 aromatic rings. The van der Waals surface area contributed by atoms with Gasteiger partial charge in [0, 0.05) is 11.5 Å². The van der Waals surface area contributed by atoms with E-state index < -0.39 is 0 Å². The van der Waals surface area contributed by atoms with Crippen molar-refractivity contribution in [1.29, 1.82) is 0 Å². The average Bonchev–Trinajstić information content (AvgIpc) is 2.52. The molecule has 0 spiro atoms. The highest BCUT2D eigenvalue weighted by Crippen LogP contribution is 2.32. The Morgan fingerprint density at radius 1 is 1.46 bits per heavy atom. The van der Waals surface area contributed by atoms with Crippen LogP contribution in [0.25, 0.3) is 0 Å². The first kappa shape index (κ1) is 9.19. The number of hydrogen-bond acceptors (Lipinski definition) is 2. The smallest absolute Gasteiger partial charge is 0.0704 e. The Balaban J connectivity index is 2.29. The maximum absolute atomic E-state index is 5.39. The van der Waals surface area contributed by atoms with E-state index in [1.54, 1.807) is 0 Å². The third-order valence-corrected chi connectivity index (χ3v) is 3.11. The van der Waals surface area contributed by atoms with E-state index in [2.05, 4.69) is 34.1 Å². The standard InChI is InChI=1S/C10H12BrNO/c1-12-10(6-7-13-12)8-4-2-3-5-9(8)11/h2-5,10H,6-7H2,1H3. The van der Waals surface area contributed by atoms with Crippen molar-refractivity contribution in [2.24, 2.45) is 0 Å². The molecule has 0 N–H and O–H groups in total. The van der Waals surface area contributed by atoms with E-state index in [9.17, 15) is 0 Å². The molecule has 3 heteroatoms. The Kier molecular flexibility index (Phi) is 2.67. The van der Waals surface area contributed by atoms with Gasteiger partial charge >= 0.3 is 0 Å². The summed E-state index contributed by atoms with van der Waals surface area (Å²) < 4.78 is 1.16. The quantitative estimate of drug-likeness (QED) is 0.750. The van der Waals surface area contributed by atoms with Crippen molar-refractivity contribution in [3.8, 4) is 0 Å². The molecule has 1 unspecified atom stereocenters. The van der Waals surface area contributed by atoms with E-state index >= 15 is 0 Å². The molecule has 1 aliphatic rings. The predicted molar refractivity (Wildman–Crippen MR) is 55.2 cm³/mol.